The number of amides is 3. The van der Waals surface area contributed by atoms with Gasteiger partial charge in [0.05, 0.1) is 12.2 Å². The molecule has 1 atom stereocenters. The van der Waals surface area contributed by atoms with E-state index in [0.717, 1.165) is 32.6 Å². The zero-order chi connectivity index (χ0) is 21.9. The topological polar surface area (TPSA) is 73.8 Å². The number of carbonyl (C=O) groups is 2. The molecule has 156 valence electrons. The van der Waals surface area contributed by atoms with Crippen molar-refractivity contribution in [2.24, 2.45) is 4.99 Å². The van der Waals surface area contributed by atoms with Crippen LogP contribution in [0.4, 0.5) is 4.79 Å². The standard InChI is InChI=1S/C23H23N6O2/c1-14-12-15(2)29(25-14)22-24-20-19(21(30)27(4)23(31)26(20)3)28(22)13-17-10-7-9-16-8-5-6-11-18(16)17/h5-12,19H,13H2,1-4H3/q+1. The third-order valence-corrected chi connectivity index (χ3v) is 5.93. The molecule has 0 radical (unpaired) electrons. The molecule has 8 heteroatoms. The van der Waals surface area contributed by atoms with Gasteiger partial charge in [0.1, 0.15) is 5.69 Å². The van der Waals surface area contributed by atoms with E-state index in [4.69, 9.17) is 4.99 Å². The van der Waals surface area contributed by atoms with Crippen LogP contribution in [0.5, 0.6) is 0 Å². The molecule has 2 aliphatic heterocycles. The second-order valence-electron chi connectivity index (χ2n) is 8.02. The second kappa shape index (κ2) is 6.87. The zero-order valence-electron chi connectivity index (χ0n) is 17.9. The van der Waals surface area contributed by atoms with Gasteiger partial charge in [-0.3, -0.25) is 14.6 Å². The first kappa shape index (κ1) is 19.2. The maximum absolute atomic E-state index is 13.2. The fraction of sp³-hybridized carbons (Fsp3) is 0.261. The number of hydrogen-bond donors (Lipinski definition) is 0. The number of amidine groups is 1. The van der Waals surface area contributed by atoms with Crippen LogP contribution in [-0.2, 0) is 11.3 Å². The summed E-state index contributed by atoms with van der Waals surface area (Å²) >= 11 is 0. The Morgan fingerprint density at radius 1 is 1.00 bits per heavy atom. The summed E-state index contributed by atoms with van der Waals surface area (Å²) in [5, 5.41) is 6.84. The molecule has 31 heavy (non-hydrogen) atoms. The number of nitrogens with zero attached hydrogens (tertiary/aromatic N) is 6. The minimum atomic E-state index is -0.689. The Balaban J connectivity index is 1.71. The fourth-order valence-electron chi connectivity index (χ4n) is 4.36. The van der Waals surface area contributed by atoms with Crippen LogP contribution in [-0.4, -0.2) is 68.0 Å². The first-order valence-corrected chi connectivity index (χ1v) is 10.1. The van der Waals surface area contributed by atoms with Gasteiger partial charge in [-0.15, -0.1) is 9.78 Å². The molecule has 0 N–H and O–H groups in total. The average Bonchev–Trinajstić information content (AvgIpc) is 3.30. The van der Waals surface area contributed by atoms with Crippen molar-refractivity contribution >= 4 is 34.5 Å². The highest BCUT2D eigenvalue weighted by Gasteiger charge is 2.52. The highest BCUT2D eigenvalue weighted by atomic mass is 16.2. The molecule has 3 amide bonds. The summed E-state index contributed by atoms with van der Waals surface area (Å²) in [5.74, 6) is 0.677. The van der Waals surface area contributed by atoms with Crippen molar-refractivity contribution in [3.8, 4) is 0 Å². The smallest absolute Gasteiger partial charge is 0.270 e. The lowest BCUT2D eigenvalue weighted by Crippen LogP contribution is -2.61. The molecule has 1 unspecified atom stereocenters. The molecule has 0 aliphatic carbocycles. The number of carbonyl (C=O) groups excluding carboxylic acids is 2. The van der Waals surface area contributed by atoms with Gasteiger partial charge < -0.3 is 0 Å². The molecule has 1 fully saturated rings. The van der Waals surface area contributed by atoms with E-state index < -0.39 is 6.04 Å². The summed E-state index contributed by atoms with van der Waals surface area (Å²) in [5.41, 5.74) is 2.84. The Morgan fingerprint density at radius 3 is 2.48 bits per heavy atom. The van der Waals surface area contributed by atoms with Gasteiger partial charge in [-0.25, -0.2) is 9.37 Å². The van der Waals surface area contributed by atoms with Crippen molar-refractivity contribution in [1.82, 2.24) is 19.6 Å². The predicted octanol–water partition coefficient (Wildman–Crippen LogP) is 2.37. The highest BCUT2D eigenvalue weighted by molar-refractivity contribution is 6.22. The van der Waals surface area contributed by atoms with Crippen LogP contribution in [0.3, 0.4) is 0 Å². The molecule has 3 aromatic rings. The van der Waals surface area contributed by atoms with Crippen molar-refractivity contribution in [3.05, 3.63) is 65.5 Å². The number of likely N-dealkylation sites (N-methyl/N-ethyl adjacent to an activating group) is 2. The molecule has 0 bridgehead atoms. The minimum absolute atomic E-state index is 0.293. The van der Waals surface area contributed by atoms with Crippen LogP contribution in [0.15, 0.2) is 53.5 Å². The molecule has 1 saturated heterocycles. The van der Waals surface area contributed by atoms with Crippen molar-refractivity contribution in [3.63, 3.8) is 0 Å². The van der Waals surface area contributed by atoms with Gasteiger partial charge in [0.15, 0.2) is 0 Å². The summed E-state index contributed by atoms with van der Waals surface area (Å²) in [7, 11) is 3.16. The molecule has 8 nitrogen and oxygen atoms in total. The largest absolute Gasteiger partial charge is 0.421 e. The lowest BCUT2D eigenvalue weighted by atomic mass is 10.0. The molecule has 0 spiro atoms. The van der Waals surface area contributed by atoms with Gasteiger partial charge in [0, 0.05) is 14.1 Å². The molecular formula is C23H23N6O2+. The lowest BCUT2D eigenvalue weighted by molar-refractivity contribution is -0.552. The summed E-state index contributed by atoms with van der Waals surface area (Å²) < 4.78 is 3.69. The minimum Gasteiger partial charge on any atom is -0.270 e. The Kier molecular flexibility index (Phi) is 4.25. The van der Waals surface area contributed by atoms with Crippen LogP contribution in [0.25, 0.3) is 10.8 Å². The Bertz CT molecular complexity index is 1310. The van der Waals surface area contributed by atoms with E-state index in [-0.39, 0.29) is 11.9 Å². The second-order valence-corrected chi connectivity index (χ2v) is 8.02. The third kappa shape index (κ3) is 2.86. The van der Waals surface area contributed by atoms with E-state index in [2.05, 4.69) is 29.4 Å². The first-order valence-electron chi connectivity index (χ1n) is 10.1. The summed E-state index contributed by atoms with van der Waals surface area (Å²) in [4.78, 5) is 33.1. The number of aryl methyl sites for hydroxylation is 2. The maximum Gasteiger partial charge on any atom is 0.421 e. The summed E-state index contributed by atoms with van der Waals surface area (Å²) in [6.07, 6.45) is 0. The maximum atomic E-state index is 13.2. The number of hydrogen-bond acceptors (Lipinski definition) is 4. The highest BCUT2D eigenvalue weighted by Crippen LogP contribution is 2.25. The van der Waals surface area contributed by atoms with Crippen LogP contribution in [0, 0.1) is 13.8 Å². The number of urea groups is 1. The van der Waals surface area contributed by atoms with Gasteiger partial charge >= 0.3 is 12.0 Å². The van der Waals surface area contributed by atoms with E-state index in [9.17, 15) is 9.59 Å². The third-order valence-electron chi connectivity index (χ3n) is 5.93. The fourth-order valence-corrected chi connectivity index (χ4v) is 4.36. The number of fused-ring (bicyclic) bond motifs is 2. The molecule has 1 aromatic heterocycles. The normalized spacial score (nSPS) is 18.8. The number of aromatic nitrogens is 2. The number of rotatable bonds is 2. The molecule has 3 heterocycles. The molecule has 2 aliphatic rings. The van der Waals surface area contributed by atoms with E-state index in [1.807, 2.05) is 42.7 Å². The summed E-state index contributed by atoms with van der Waals surface area (Å²) in [6.45, 7) is 4.32. The average molecular weight is 415 g/mol. The van der Waals surface area contributed by atoms with Crippen molar-refractivity contribution in [2.75, 3.05) is 14.1 Å². The SMILES string of the molecule is Cc1cc(C)n(C2=[N+](Cc3cccc4ccccc34)C3C(=O)N(C)C(=O)N(C)C3=N2)n1. The van der Waals surface area contributed by atoms with Gasteiger partial charge in [0.2, 0.25) is 11.9 Å². The van der Waals surface area contributed by atoms with Crippen LogP contribution in [0.2, 0.25) is 0 Å². The van der Waals surface area contributed by atoms with Crippen molar-refractivity contribution in [1.29, 1.82) is 0 Å². The quantitative estimate of drug-likeness (QED) is 0.603. The molecule has 0 saturated carbocycles. The summed E-state index contributed by atoms with van der Waals surface area (Å²) in [6, 6.07) is 15.2. The van der Waals surface area contributed by atoms with Crippen LogP contribution >= 0.6 is 0 Å². The number of benzene rings is 2. The van der Waals surface area contributed by atoms with Gasteiger partial charge in [0.25, 0.3) is 5.91 Å². The Labute approximate surface area is 179 Å². The van der Waals surface area contributed by atoms with E-state index >= 15 is 0 Å². The van der Waals surface area contributed by atoms with E-state index in [0.29, 0.717) is 18.3 Å². The number of imide groups is 1. The first-order chi connectivity index (χ1) is 14.9. The molecule has 5 rings (SSSR count). The zero-order valence-corrected chi connectivity index (χ0v) is 17.9. The number of aliphatic imine (C=N–C) groups is 1. The van der Waals surface area contributed by atoms with Crippen LogP contribution < -0.4 is 0 Å². The van der Waals surface area contributed by atoms with Crippen molar-refractivity contribution in [2.45, 2.75) is 26.4 Å². The van der Waals surface area contributed by atoms with Gasteiger partial charge in [-0.05, 0) is 36.2 Å². The van der Waals surface area contributed by atoms with E-state index in [1.54, 1.807) is 11.7 Å². The van der Waals surface area contributed by atoms with Crippen molar-refractivity contribution < 1.29 is 14.2 Å². The predicted molar refractivity (Wildman–Crippen MR) is 117 cm³/mol. The van der Waals surface area contributed by atoms with Gasteiger partial charge in [-0.2, -0.15) is 0 Å². The Hall–Kier alpha value is -3.81. The molecule has 2 aromatic carbocycles. The Morgan fingerprint density at radius 2 is 1.74 bits per heavy atom. The van der Waals surface area contributed by atoms with Crippen LogP contribution in [0.1, 0.15) is 17.0 Å². The monoisotopic (exact) mass is 415 g/mol. The molecular weight excluding hydrogens is 392 g/mol. The lowest BCUT2D eigenvalue weighted by Gasteiger charge is -2.31. The van der Waals surface area contributed by atoms with Gasteiger partial charge in [-0.1, -0.05) is 47.5 Å². The van der Waals surface area contributed by atoms with E-state index in [1.165, 1.54) is 11.9 Å².